The van der Waals surface area contributed by atoms with Crippen molar-refractivity contribution >= 4 is 5.82 Å². The van der Waals surface area contributed by atoms with Gasteiger partial charge in [0.2, 0.25) is 5.88 Å². The van der Waals surface area contributed by atoms with Gasteiger partial charge in [0.05, 0.1) is 18.3 Å². The molecule has 0 amide bonds. The fourth-order valence-electron chi connectivity index (χ4n) is 2.39. The second-order valence-electron chi connectivity index (χ2n) is 5.19. The lowest BCUT2D eigenvalue weighted by molar-refractivity contribution is 0.0329. The van der Waals surface area contributed by atoms with Crippen LogP contribution in [0.3, 0.4) is 0 Å². The Morgan fingerprint density at radius 3 is 2.90 bits per heavy atom. The van der Waals surface area contributed by atoms with Crippen LogP contribution in [-0.4, -0.2) is 48.9 Å². The summed E-state index contributed by atoms with van der Waals surface area (Å²) in [6.45, 7) is 8.31. The first-order valence-electron chi connectivity index (χ1n) is 7.82. The predicted octanol–water partition coefficient (Wildman–Crippen LogP) is 1.75. The van der Waals surface area contributed by atoms with Crippen molar-refractivity contribution in [3.05, 3.63) is 11.9 Å². The highest BCUT2D eigenvalue weighted by atomic mass is 16.5. The zero-order valence-electron chi connectivity index (χ0n) is 13.0. The number of nitrogens with one attached hydrogen (secondary N) is 2. The Balaban J connectivity index is 1.67. The molecule has 118 valence electrons. The molecule has 6 nitrogen and oxygen atoms in total. The van der Waals surface area contributed by atoms with Crippen LogP contribution >= 0.6 is 0 Å². The summed E-state index contributed by atoms with van der Waals surface area (Å²) < 4.78 is 11.3. The van der Waals surface area contributed by atoms with Crippen molar-refractivity contribution in [3.63, 3.8) is 0 Å². The number of aromatic nitrogens is 2. The zero-order chi connectivity index (χ0) is 14.9. The van der Waals surface area contributed by atoms with Gasteiger partial charge in [-0.05, 0) is 46.2 Å². The Morgan fingerprint density at radius 1 is 1.33 bits per heavy atom. The van der Waals surface area contributed by atoms with Gasteiger partial charge in [0.1, 0.15) is 12.1 Å². The van der Waals surface area contributed by atoms with E-state index in [1.807, 2.05) is 13.8 Å². The highest BCUT2D eigenvalue weighted by Crippen LogP contribution is 2.20. The van der Waals surface area contributed by atoms with Crippen molar-refractivity contribution < 1.29 is 9.47 Å². The largest absolute Gasteiger partial charge is 0.478 e. The van der Waals surface area contributed by atoms with Crippen LogP contribution in [0.2, 0.25) is 0 Å². The first-order chi connectivity index (χ1) is 10.3. The molecule has 0 aromatic carbocycles. The Kier molecular flexibility index (Phi) is 6.69. The Labute approximate surface area is 126 Å². The predicted molar refractivity (Wildman–Crippen MR) is 82.9 cm³/mol. The normalized spacial score (nSPS) is 15.9. The van der Waals surface area contributed by atoms with Crippen molar-refractivity contribution in [2.24, 2.45) is 0 Å². The van der Waals surface area contributed by atoms with E-state index >= 15 is 0 Å². The Bertz CT molecular complexity index is 422. The molecule has 1 aliphatic heterocycles. The minimum atomic E-state index is 0.427. The van der Waals surface area contributed by atoms with E-state index in [0.717, 1.165) is 56.9 Å². The topological polar surface area (TPSA) is 68.3 Å². The molecule has 1 saturated heterocycles. The van der Waals surface area contributed by atoms with E-state index in [0.29, 0.717) is 18.6 Å². The van der Waals surface area contributed by atoms with Crippen LogP contribution in [0, 0.1) is 6.92 Å². The number of nitrogens with zero attached hydrogens (tertiary/aromatic N) is 2. The number of piperidine rings is 1. The number of ether oxygens (including phenoxy) is 2. The summed E-state index contributed by atoms with van der Waals surface area (Å²) >= 11 is 0. The summed E-state index contributed by atoms with van der Waals surface area (Å²) in [6.07, 6.45) is 5.17. The van der Waals surface area contributed by atoms with Gasteiger partial charge in [-0.25, -0.2) is 9.97 Å². The van der Waals surface area contributed by atoms with Crippen LogP contribution in [0.15, 0.2) is 6.33 Å². The maximum Gasteiger partial charge on any atom is 0.221 e. The molecule has 0 spiro atoms. The fourth-order valence-corrected chi connectivity index (χ4v) is 2.39. The van der Waals surface area contributed by atoms with Crippen molar-refractivity contribution in [2.45, 2.75) is 39.2 Å². The van der Waals surface area contributed by atoms with Crippen molar-refractivity contribution in [2.75, 3.05) is 38.2 Å². The van der Waals surface area contributed by atoms with E-state index < -0.39 is 0 Å². The smallest absolute Gasteiger partial charge is 0.221 e. The molecule has 2 heterocycles. The quantitative estimate of drug-likeness (QED) is 0.712. The summed E-state index contributed by atoms with van der Waals surface area (Å²) in [5.74, 6) is 1.50. The first kappa shape index (κ1) is 16.0. The molecule has 1 fully saturated rings. The fraction of sp³-hybridized carbons (Fsp3) is 0.733. The van der Waals surface area contributed by atoms with Gasteiger partial charge >= 0.3 is 0 Å². The lowest BCUT2D eigenvalue weighted by atomic mass is 10.1. The molecule has 1 aromatic heterocycles. The Morgan fingerprint density at radius 2 is 2.14 bits per heavy atom. The maximum atomic E-state index is 5.88. The number of hydrogen-bond acceptors (Lipinski definition) is 6. The molecule has 0 unspecified atom stereocenters. The molecule has 1 aromatic rings. The Hall–Kier alpha value is -1.40. The van der Waals surface area contributed by atoms with E-state index in [1.54, 1.807) is 0 Å². The summed E-state index contributed by atoms with van der Waals surface area (Å²) in [6, 6.07) is 0. The third-order valence-electron chi connectivity index (χ3n) is 3.57. The summed E-state index contributed by atoms with van der Waals surface area (Å²) in [5.41, 5.74) is 0.957. The minimum absolute atomic E-state index is 0.427. The van der Waals surface area contributed by atoms with E-state index in [4.69, 9.17) is 9.47 Å². The zero-order valence-corrected chi connectivity index (χ0v) is 13.0. The monoisotopic (exact) mass is 294 g/mol. The standard InChI is InChI=1S/C15H26N4O2/c1-3-20-15-12(2)14(18-11-19-15)17-7-4-10-21-13-5-8-16-9-6-13/h11,13,16H,3-10H2,1-2H3,(H,17,18,19). The highest BCUT2D eigenvalue weighted by Gasteiger charge is 2.12. The number of hydrogen-bond donors (Lipinski definition) is 2. The first-order valence-corrected chi connectivity index (χ1v) is 7.82. The van der Waals surface area contributed by atoms with Crippen LogP contribution in [0.1, 0.15) is 31.7 Å². The van der Waals surface area contributed by atoms with Crippen molar-refractivity contribution in [1.29, 1.82) is 0 Å². The van der Waals surface area contributed by atoms with Gasteiger partial charge in [-0.15, -0.1) is 0 Å². The second kappa shape index (κ2) is 8.79. The van der Waals surface area contributed by atoms with Gasteiger partial charge < -0.3 is 20.1 Å². The maximum absolute atomic E-state index is 5.88. The van der Waals surface area contributed by atoms with Gasteiger partial charge in [-0.3, -0.25) is 0 Å². The van der Waals surface area contributed by atoms with Crippen LogP contribution < -0.4 is 15.4 Å². The molecule has 0 bridgehead atoms. The lowest BCUT2D eigenvalue weighted by Crippen LogP contribution is -2.32. The van der Waals surface area contributed by atoms with Gasteiger partial charge in [-0.1, -0.05) is 0 Å². The molecule has 6 heteroatoms. The van der Waals surface area contributed by atoms with Crippen molar-refractivity contribution in [1.82, 2.24) is 15.3 Å². The van der Waals surface area contributed by atoms with E-state index in [1.165, 1.54) is 6.33 Å². The second-order valence-corrected chi connectivity index (χ2v) is 5.19. The summed E-state index contributed by atoms with van der Waals surface area (Å²) in [5, 5.41) is 6.67. The highest BCUT2D eigenvalue weighted by molar-refractivity contribution is 5.47. The third-order valence-corrected chi connectivity index (χ3v) is 3.57. The van der Waals surface area contributed by atoms with Crippen LogP contribution in [0.5, 0.6) is 5.88 Å². The molecule has 2 N–H and O–H groups in total. The van der Waals surface area contributed by atoms with E-state index in [-0.39, 0.29) is 0 Å². The molecule has 0 saturated carbocycles. The van der Waals surface area contributed by atoms with E-state index in [2.05, 4.69) is 20.6 Å². The van der Waals surface area contributed by atoms with E-state index in [9.17, 15) is 0 Å². The number of anilines is 1. The molecule has 0 atom stereocenters. The van der Waals surface area contributed by atoms with Crippen LogP contribution in [0.4, 0.5) is 5.82 Å². The average molecular weight is 294 g/mol. The van der Waals surface area contributed by atoms with Crippen LogP contribution in [-0.2, 0) is 4.74 Å². The SMILES string of the molecule is CCOc1ncnc(NCCCOC2CCNCC2)c1C. The molecule has 21 heavy (non-hydrogen) atoms. The molecule has 0 radical (unpaired) electrons. The van der Waals surface area contributed by atoms with Crippen molar-refractivity contribution in [3.8, 4) is 5.88 Å². The third kappa shape index (κ3) is 5.13. The molecule has 0 aliphatic carbocycles. The average Bonchev–Trinajstić information content (AvgIpc) is 2.51. The molecule has 1 aliphatic rings. The van der Waals surface area contributed by atoms with Gasteiger partial charge in [0, 0.05) is 13.2 Å². The molecular formula is C15H26N4O2. The molecular weight excluding hydrogens is 268 g/mol. The summed E-state index contributed by atoms with van der Waals surface area (Å²) in [4.78, 5) is 8.39. The van der Waals surface area contributed by atoms with Gasteiger partial charge in [0.25, 0.3) is 0 Å². The summed E-state index contributed by atoms with van der Waals surface area (Å²) in [7, 11) is 0. The molecule has 2 rings (SSSR count). The lowest BCUT2D eigenvalue weighted by Gasteiger charge is -2.22. The van der Waals surface area contributed by atoms with Crippen LogP contribution in [0.25, 0.3) is 0 Å². The minimum Gasteiger partial charge on any atom is -0.478 e. The van der Waals surface area contributed by atoms with Gasteiger partial charge in [-0.2, -0.15) is 0 Å². The number of rotatable bonds is 8. The van der Waals surface area contributed by atoms with Gasteiger partial charge in [0.15, 0.2) is 0 Å².